The number of phenolic OH excluding ortho intramolecular Hbond substituents is 3. The van der Waals surface area contributed by atoms with Crippen molar-refractivity contribution in [2.24, 2.45) is 5.73 Å². The minimum absolute atomic E-state index is 0.00141. The number of methoxy groups -OCH3 is 1. The van der Waals surface area contributed by atoms with Crippen LogP contribution in [0.3, 0.4) is 0 Å². The van der Waals surface area contributed by atoms with Crippen molar-refractivity contribution in [1.29, 1.82) is 0 Å². The highest BCUT2D eigenvalue weighted by atomic mass is 16.7. The van der Waals surface area contributed by atoms with E-state index >= 15 is 0 Å². The number of carboxylic acid groups (broad SMARTS) is 1. The maximum atomic E-state index is 14.1. The van der Waals surface area contributed by atoms with Gasteiger partial charge in [-0.2, -0.15) is 0 Å². The standard InChI is InChI=1S/C40H45N3O18/c1-11-5-17-24(31(50)21(11)37(54)43-18(9-41)38(55)56)23-15(8-16-25(32(23)51)28(47)14-6-13(57-4)7-19(44)22(14)27(16)46)29(48)35(17)60-40-34(53)36(26(42-3)12(2)59-40)61-39-33(52)30(49)20(45)10-58-39/h5-8,12,18,20,26,29-30,33-36,39-40,42,44-45,48-53H,9-10,41H2,1-4H3,(H,43,54)(H,55,56)/t12-,18-,20-,26+,29+,30+,33-,34-,35+,36+,39+,40+/m1/s1. The number of aryl methyl sites for hydroxylation is 1. The van der Waals surface area contributed by atoms with Gasteiger partial charge in [0.15, 0.2) is 24.1 Å². The van der Waals surface area contributed by atoms with Gasteiger partial charge in [-0.1, -0.05) is 6.07 Å². The van der Waals surface area contributed by atoms with Gasteiger partial charge < -0.3 is 86.0 Å². The molecule has 21 nitrogen and oxygen atoms in total. The number of carbonyl (C=O) groups is 4. The number of aromatic hydroxyl groups is 3. The first-order valence-corrected chi connectivity index (χ1v) is 19.0. The van der Waals surface area contributed by atoms with Gasteiger partial charge in [0.2, 0.25) is 0 Å². The van der Waals surface area contributed by atoms with Crippen molar-refractivity contribution in [3.05, 3.63) is 68.8 Å². The molecule has 2 fully saturated rings. The van der Waals surface area contributed by atoms with Crippen LogP contribution >= 0.6 is 0 Å². The van der Waals surface area contributed by atoms with Gasteiger partial charge in [-0.3, -0.25) is 14.4 Å². The number of nitrogens with one attached hydrogen (secondary N) is 2. The zero-order valence-corrected chi connectivity index (χ0v) is 32.9. The number of rotatable bonds is 10. The summed E-state index contributed by atoms with van der Waals surface area (Å²) in [4.78, 5) is 53.6. The molecule has 21 heteroatoms. The van der Waals surface area contributed by atoms with Crippen molar-refractivity contribution in [2.75, 3.05) is 27.3 Å². The van der Waals surface area contributed by atoms with Crippen LogP contribution in [0, 0.1) is 6.92 Å². The summed E-state index contributed by atoms with van der Waals surface area (Å²) in [5, 5.41) is 104. The van der Waals surface area contributed by atoms with Crippen molar-refractivity contribution in [3.63, 3.8) is 0 Å². The van der Waals surface area contributed by atoms with Gasteiger partial charge in [0.25, 0.3) is 5.91 Å². The van der Waals surface area contributed by atoms with Crippen LogP contribution in [0.4, 0.5) is 0 Å². The zero-order valence-electron chi connectivity index (χ0n) is 32.9. The second-order valence-corrected chi connectivity index (χ2v) is 15.2. The minimum atomic E-state index is -1.91. The van der Waals surface area contributed by atoms with Crippen molar-refractivity contribution in [3.8, 4) is 34.1 Å². The van der Waals surface area contributed by atoms with Crippen LogP contribution in [-0.2, 0) is 23.7 Å². The average molecular weight is 856 g/mol. The normalized spacial score (nSPS) is 29.8. The highest BCUT2D eigenvalue weighted by Crippen LogP contribution is 2.57. The van der Waals surface area contributed by atoms with Gasteiger partial charge in [-0.15, -0.1) is 0 Å². The maximum absolute atomic E-state index is 14.1. The van der Waals surface area contributed by atoms with E-state index in [1.165, 1.54) is 33.2 Å². The number of nitrogens with two attached hydrogens (primary N) is 1. The van der Waals surface area contributed by atoms with Crippen LogP contribution < -0.4 is 21.1 Å². The number of amides is 1. The van der Waals surface area contributed by atoms with Crippen molar-refractivity contribution in [2.45, 2.75) is 87.3 Å². The van der Waals surface area contributed by atoms with Crippen LogP contribution in [0.2, 0.25) is 0 Å². The van der Waals surface area contributed by atoms with Crippen molar-refractivity contribution < 1.29 is 88.8 Å². The Morgan fingerprint density at radius 1 is 0.869 bits per heavy atom. The van der Waals surface area contributed by atoms with E-state index in [9.17, 15) is 65.1 Å². The average Bonchev–Trinajstić information content (AvgIpc) is 3.21. The Morgan fingerprint density at radius 2 is 1.52 bits per heavy atom. The molecule has 4 aliphatic rings. The molecule has 13 N–H and O–H groups in total. The monoisotopic (exact) mass is 855 g/mol. The number of hydrogen-bond donors (Lipinski definition) is 12. The first-order valence-electron chi connectivity index (χ1n) is 19.0. The fourth-order valence-electron chi connectivity index (χ4n) is 8.42. The molecule has 3 aromatic carbocycles. The number of fused-ring (bicyclic) bond motifs is 5. The summed E-state index contributed by atoms with van der Waals surface area (Å²) in [7, 11) is 2.79. The third-order valence-corrected chi connectivity index (χ3v) is 11.5. The molecule has 0 bridgehead atoms. The summed E-state index contributed by atoms with van der Waals surface area (Å²) in [6, 6.07) is 2.21. The van der Waals surface area contributed by atoms with E-state index in [0.29, 0.717) is 0 Å². The molecule has 12 atom stereocenters. The number of aliphatic hydroxyl groups is 5. The molecule has 0 saturated carbocycles. The molecule has 328 valence electrons. The first-order chi connectivity index (χ1) is 28.9. The lowest BCUT2D eigenvalue weighted by Crippen LogP contribution is -2.65. The van der Waals surface area contributed by atoms with Gasteiger partial charge in [0, 0.05) is 34.9 Å². The molecule has 1 amide bonds. The minimum Gasteiger partial charge on any atom is -0.507 e. The quantitative estimate of drug-likeness (QED) is 0.0848. The Balaban J connectivity index is 1.37. The van der Waals surface area contributed by atoms with Crippen LogP contribution in [0.15, 0.2) is 24.3 Å². The zero-order chi connectivity index (χ0) is 44.5. The number of hydrogen-bond acceptors (Lipinski definition) is 19. The number of ketones is 2. The Labute approximate surface area is 345 Å². The molecule has 2 heterocycles. The molecule has 3 aromatic rings. The SMILES string of the molecule is CN[C@@H]1[C@H](O[C@@H]2OC[C@@H](O)[C@H](O)[C@H]2O)[C@@H](O)[C@H](O[C@H]2c3cc(C)c(C(=O)N[C@H](CN)C(=O)O)c(O)c3-c3c(cc4c(c3O)C(=O)c3cc(OC)cc(O)c3C4=O)[C@@H]2O)O[C@@H]1C. The number of carbonyl (C=O) groups excluding carboxylic acids is 3. The van der Waals surface area contributed by atoms with Gasteiger partial charge in [-0.25, -0.2) is 4.79 Å². The van der Waals surface area contributed by atoms with Crippen molar-refractivity contribution in [1.82, 2.24) is 10.6 Å². The Bertz CT molecular complexity index is 2300. The predicted octanol–water partition coefficient (Wildman–Crippen LogP) is -1.67. The summed E-state index contributed by atoms with van der Waals surface area (Å²) < 4.78 is 28.9. The molecule has 61 heavy (non-hydrogen) atoms. The number of phenols is 3. The molecule has 7 rings (SSSR count). The Hall–Kier alpha value is -5.30. The number of ether oxygens (including phenoxy) is 5. The number of carboxylic acids is 1. The molecule has 2 aliphatic carbocycles. The fraction of sp³-hybridized carbons (Fsp3) is 0.450. The fourth-order valence-corrected chi connectivity index (χ4v) is 8.42. The molecule has 0 unspecified atom stereocenters. The highest BCUT2D eigenvalue weighted by molar-refractivity contribution is 6.31. The number of aliphatic carboxylic acids is 1. The molecular weight excluding hydrogens is 810 g/mol. The van der Waals surface area contributed by atoms with E-state index in [-0.39, 0.29) is 28.0 Å². The van der Waals surface area contributed by atoms with E-state index in [4.69, 9.17) is 29.4 Å². The summed E-state index contributed by atoms with van der Waals surface area (Å²) in [5.74, 6) is -6.87. The van der Waals surface area contributed by atoms with E-state index in [1.807, 2.05) is 0 Å². The number of aliphatic hydroxyl groups excluding tert-OH is 5. The van der Waals surface area contributed by atoms with Gasteiger partial charge in [0.05, 0.1) is 42.6 Å². The van der Waals surface area contributed by atoms with Gasteiger partial charge in [0.1, 0.15) is 71.8 Å². The number of benzene rings is 3. The summed E-state index contributed by atoms with van der Waals surface area (Å²) >= 11 is 0. The number of likely N-dealkylation sites (N-methyl/N-ethyl adjacent to an activating group) is 1. The molecule has 2 aliphatic heterocycles. The Kier molecular flexibility index (Phi) is 11.9. The third kappa shape index (κ3) is 7.16. The summed E-state index contributed by atoms with van der Waals surface area (Å²) in [6.07, 6.45) is -15.6. The summed E-state index contributed by atoms with van der Waals surface area (Å²) in [6.45, 7) is 2.01. The topological polar surface area (TPSA) is 347 Å². The van der Waals surface area contributed by atoms with Crippen LogP contribution in [-0.4, -0.2) is 158 Å². The van der Waals surface area contributed by atoms with Crippen LogP contribution in [0.25, 0.3) is 11.1 Å². The lowest BCUT2D eigenvalue weighted by atomic mass is 9.74. The van der Waals surface area contributed by atoms with E-state index in [1.54, 1.807) is 6.92 Å². The second-order valence-electron chi connectivity index (χ2n) is 15.2. The Morgan fingerprint density at radius 3 is 2.16 bits per heavy atom. The van der Waals surface area contributed by atoms with Gasteiger partial charge in [-0.05, 0) is 49.7 Å². The molecular formula is C40H45N3O18. The molecule has 0 spiro atoms. The predicted molar refractivity (Wildman–Crippen MR) is 204 cm³/mol. The van der Waals surface area contributed by atoms with E-state index in [2.05, 4.69) is 10.6 Å². The smallest absolute Gasteiger partial charge is 0.327 e. The lowest BCUT2D eigenvalue weighted by Gasteiger charge is -2.47. The van der Waals surface area contributed by atoms with E-state index in [0.717, 1.165) is 12.1 Å². The maximum Gasteiger partial charge on any atom is 0.327 e. The third-order valence-electron chi connectivity index (χ3n) is 11.5. The second kappa shape index (κ2) is 16.5. The lowest BCUT2D eigenvalue weighted by molar-refractivity contribution is -0.339. The summed E-state index contributed by atoms with van der Waals surface area (Å²) in [5.41, 5.74) is 1.99. The highest BCUT2D eigenvalue weighted by Gasteiger charge is 2.51. The molecule has 0 radical (unpaired) electrons. The molecule has 2 saturated heterocycles. The van der Waals surface area contributed by atoms with Crippen LogP contribution in [0.1, 0.15) is 78.0 Å². The van der Waals surface area contributed by atoms with Crippen LogP contribution in [0.5, 0.6) is 23.0 Å². The van der Waals surface area contributed by atoms with Crippen molar-refractivity contribution >= 4 is 23.4 Å². The molecule has 0 aromatic heterocycles. The van der Waals surface area contributed by atoms with Gasteiger partial charge >= 0.3 is 5.97 Å². The first kappa shape index (κ1) is 43.8. The largest absolute Gasteiger partial charge is 0.507 e. The van der Waals surface area contributed by atoms with E-state index < -0.39 is 161 Å².